The standard InChI is InChI=1S/C18H21ClN4O3/c1-10-5-6-14-13(9-10)21-17(25)18(4,26-14)16(24)20-7-8-23-12(3)15(19)11(2)22-23/h5-6,9H,7-8H2,1-4H3,(H,20,24)(H,21,25). The molecule has 1 aliphatic heterocycles. The van der Waals surface area contributed by atoms with Crippen molar-refractivity contribution in [2.45, 2.75) is 39.8 Å². The summed E-state index contributed by atoms with van der Waals surface area (Å²) in [6.07, 6.45) is 0. The number of nitrogens with one attached hydrogen (secondary N) is 2. The lowest BCUT2D eigenvalue weighted by Crippen LogP contribution is -2.59. The zero-order valence-corrected chi connectivity index (χ0v) is 15.9. The van der Waals surface area contributed by atoms with Crippen molar-refractivity contribution in [3.63, 3.8) is 0 Å². The minimum Gasteiger partial charge on any atom is -0.466 e. The molecule has 138 valence electrons. The first kappa shape index (κ1) is 18.3. The Morgan fingerprint density at radius 2 is 2.12 bits per heavy atom. The molecule has 26 heavy (non-hydrogen) atoms. The van der Waals surface area contributed by atoms with Crippen LogP contribution in [0, 0.1) is 20.8 Å². The summed E-state index contributed by atoms with van der Waals surface area (Å²) in [4.78, 5) is 25.0. The molecule has 0 fully saturated rings. The maximum atomic E-state index is 12.6. The van der Waals surface area contributed by atoms with E-state index >= 15 is 0 Å². The van der Waals surface area contributed by atoms with Gasteiger partial charge in [0.15, 0.2) is 0 Å². The summed E-state index contributed by atoms with van der Waals surface area (Å²) in [6.45, 7) is 7.80. The smallest absolute Gasteiger partial charge is 0.278 e. The van der Waals surface area contributed by atoms with Crippen LogP contribution in [0.25, 0.3) is 0 Å². The normalized spacial score (nSPS) is 18.7. The largest absolute Gasteiger partial charge is 0.466 e. The number of benzene rings is 1. The van der Waals surface area contributed by atoms with Crippen molar-refractivity contribution < 1.29 is 14.3 Å². The lowest BCUT2D eigenvalue weighted by atomic mass is 10.0. The van der Waals surface area contributed by atoms with Gasteiger partial charge in [-0.1, -0.05) is 17.7 Å². The number of aryl methyl sites for hydroxylation is 2. The number of halogens is 1. The molecule has 7 nitrogen and oxygen atoms in total. The van der Waals surface area contributed by atoms with Crippen molar-refractivity contribution in [2.24, 2.45) is 0 Å². The van der Waals surface area contributed by atoms with Gasteiger partial charge in [0.1, 0.15) is 5.75 Å². The highest BCUT2D eigenvalue weighted by Crippen LogP contribution is 2.34. The second-order valence-electron chi connectivity index (χ2n) is 6.55. The molecule has 0 bridgehead atoms. The van der Waals surface area contributed by atoms with E-state index in [9.17, 15) is 9.59 Å². The Kier molecular flexibility index (Phi) is 4.66. The highest BCUT2D eigenvalue weighted by atomic mass is 35.5. The lowest BCUT2D eigenvalue weighted by molar-refractivity contribution is -0.146. The van der Waals surface area contributed by atoms with Crippen LogP contribution in [0.15, 0.2) is 18.2 Å². The molecule has 1 atom stereocenters. The summed E-state index contributed by atoms with van der Waals surface area (Å²) in [5.74, 6) is -0.533. The van der Waals surface area contributed by atoms with Crippen molar-refractivity contribution >= 4 is 29.1 Å². The van der Waals surface area contributed by atoms with E-state index in [4.69, 9.17) is 16.3 Å². The van der Waals surface area contributed by atoms with Gasteiger partial charge >= 0.3 is 0 Å². The van der Waals surface area contributed by atoms with Gasteiger partial charge in [0.05, 0.1) is 28.6 Å². The fourth-order valence-electron chi connectivity index (χ4n) is 2.82. The number of carbonyl (C=O) groups excluding carboxylic acids is 2. The van der Waals surface area contributed by atoms with E-state index in [1.165, 1.54) is 6.92 Å². The fourth-order valence-corrected chi connectivity index (χ4v) is 2.96. The predicted molar refractivity (Wildman–Crippen MR) is 98.6 cm³/mol. The number of fused-ring (bicyclic) bond motifs is 1. The van der Waals surface area contributed by atoms with Crippen LogP contribution >= 0.6 is 11.6 Å². The first-order chi connectivity index (χ1) is 12.2. The highest BCUT2D eigenvalue weighted by molar-refractivity contribution is 6.31. The van der Waals surface area contributed by atoms with Gasteiger partial charge in [-0.25, -0.2) is 0 Å². The summed E-state index contributed by atoms with van der Waals surface area (Å²) in [7, 11) is 0. The number of ether oxygens (including phenoxy) is 1. The van der Waals surface area contributed by atoms with Crippen LogP contribution in [0.4, 0.5) is 5.69 Å². The Balaban J connectivity index is 1.68. The first-order valence-electron chi connectivity index (χ1n) is 8.31. The molecular weight excluding hydrogens is 356 g/mol. The van der Waals surface area contributed by atoms with Crippen molar-refractivity contribution in [2.75, 3.05) is 11.9 Å². The molecule has 1 aromatic carbocycles. The molecule has 1 aromatic heterocycles. The molecule has 2 aromatic rings. The van der Waals surface area contributed by atoms with Gasteiger partial charge in [0.2, 0.25) is 0 Å². The molecule has 2 N–H and O–H groups in total. The molecule has 8 heteroatoms. The van der Waals surface area contributed by atoms with Gasteiger partial charge in [-0.15, -0.1) is 0 Å². The zero-order chi connectivity index (χ0) is 19.1. The van der Waals surface area contributed by atoms with E-state index in [1.54, 1.807) is 16.8 Å². The number of hydrogen-bond donors (Lipinski definition) is 2. The Labute approximate surface area is 156 Å². The van der Waals surface area contributed by atoms with Crippen LogP contribution in [-0.4, -0.2) is 33.7 Å². The zero-order valence-electron chi connectivity index (χ0n) is 15.1. The number of rotatable bonds is 4. The van der Waals surface area contributed by atoms with E-state index in [1.807, 2.05) is 26.8 Å². The molecule has 1 unspecified atom stereocenters. The van der Waals surface area contributed by atoms with Gasteiger partial charge in [-0.2, -0.15) is 5.10 Å². The predicted octanol–water partition coefficient (Wildman–Crippen LogP) is 2.37. The summed E-state index contributed by atoms with van der Waals surface area (Å²) >= 11 is 6.12. The van der Waals surface area contributed by atoms with Crippen LogP contribution in [0.1, 0.15) is 23.9 Å². The Morgan fingerprint density at radius 3 is 2.77 bits per heavy atom. The number of hydrogen-bond acceptors (Lipinski definition) is 4. The van der Waals surface area contributed by atoms with E-state index in [-0.39, 0.29) is 0 Å². The Morgan fingerprint density at radius 1 is 1.38 bits per heavy atom. The van der Waals surface area contributed by atoms with Crippen molar-refractivity contribution in [3.05, 3.63) is 40.2 Å². The fraction of sp³-hybridized carbons (Fsp3) is 0.389. The van der Waals surface area contributed by atoms with Crippen LogP contribution in [0.3, 0.4) is 0 Å². The van der Waals surface area contributed by atoms with Gasteiger partial charge in [-0.3, -0.25) is 14.3 Å². The third kappa shape index (κ3) is 3.14. The Bertz CT molecular complexity index is 893. The highest BCUT2D eigenvalue weighted by Gasteiger charge is 2.47. The van der Waals surface area contributed by atoms with Gasteiger partial charge in [0, 0.05) is 6.54 Å². The molecule has 1 aliphatic rings. The van der Waals surface area contributed by atoms with Crippen molar-refractivity contribution in [3.8, 4) is 5.75 Å². The molecule has 0 saturated heterocycles. The second kappa shape index (κ2) is 6.64. The van der Waals surface area contributed by atoms with Gasteiger partial charge in [-0.05, 0) is 45.4 Å². The Hall–Kier alpha value is -2.54. The number of nitrogens with zero attached hydrogens (tertiary/aromatic N) is 2. The minimum atomic E-state index is -1.63. The summed E-state index contributed by atoms with van der Waals surface area (Å²) in [5.41, 5.74) is 1.50. The quantitative estimate of drug-likeness (QED) is 0.802. The number of anilines is 1. The summed E-state index contributed by atoms with van der Waals surface area (Å²) in [6, 6.07) is 5.41. The third-order valence-electron chi connectivity index (χ3n) is 4.47. The maximum Gasteiger partial charge on any atom is 0.278 e. The first-order valence-corrected chi connectivity index (χ1v) is 8.69. The maximum absolute atomic E-state index is 12.6. The van der Waals surface area contributed by atoms with Crippen molar-refractivity contribution in [1.29, 1.82) is 0 Å². The summed E-state index contributed by atoms with van der Waals surface area (Å²) in [5, 5.41) is 10.4. The van der Waals surface area contributed by atoms with E-state index in [0.29, 0.717) is 29.5 Å². The molecular formula is C18H21ClN4O3. The number of amides is 2. The topological polar surface area (TPSA) is 85.3 Å². The molecule has 0 radical (unpaired) electrons. The van der Waals surface area contributed by atoms with Gasteiger partial charge in [0.25, 0.3) is 17.4 Å². The van der Waals surface area contributed by atoms with Crippen LogP contribution < -0.4 is 15.4 Å². The van der Waals surface area contributed by atoms with E-state index < -0.39 is 17.4 Å². The molecule has 0 aliphatic carbocycles. The average molecular weight is 377 g/mol. The SMILES string of the molecule is Cc1ccc2c(c1)NC(=O)C(C)(C(=O)NCCn1nc(C)c(Cl)c1C)O2. The molecule has 3 rings (SSSR count). The number of aromatic nitrogens is 2. The molecule has 2 amide bonds. The van der Waals surface area contributed by atoms with Crippen LogP contribution in [0.5, 0.6) is 5.75 Å². The third-order valence-corrected chi connectivity index (χ3v) is 5.01. The van der Waals surface area contributed by atoms with Crippen LogP contribution in [0.2, 0.25) is 5.02 Å². The van der Waals surface area contributed by atoms with E-state index in [2.05, 4.69) is 15.7 Å². The second-order valence-corrected chi connectivity index (χ2v) is 6.93. The van der Waals surface area contributed by atoms with Crippen molar-refractivity contribution in [1.82, 2.24) is 15.1 Å². The molecule has 0 spiro atoms. The monoisotopic (exact) mass is 376 g/mol. The molecule has 0 saturated carbocycles. The van der Waals surface area contributed by atoms with Crippen LogP contribution in [-0.2, 0) is 16.1 Å². The average Bonchev–Trinajstić information content (AvgIpc) is 2.83. The summed E-state index contributed by atoms with van der Waals surface area (Å²) < 4.78 is 7.45. The number of carbonyl (C=O) groups is 2. The molecule has 2 heterocycles. The lowest BCUT2D eigenvalue weighted by Gasteiger charge is -2.33. The minimum absolute atomic E-state index is 0.296. The van der Waals surface area contributed by atoms with Gasteiger partial charge < -0.3 is 15.4 Å². The van der Waals surface area contributed by atoms with E-state index in [0.717, 1.165) is 17.0 Å².